The summed E-state index contributed by atoms with van der Waals surface area (Å²) in [5, 5.41) is 78.5. The standard InChI is InChI=1S/C20H36N4O4Si4.C15H39NO4Si5.2C10H18N2O3Si2.C6H18O3Si3.C3H9ClSi.2CH4.5Li.H2O/c1-29(17-9-5-13-21)25-30(2,18-10-6-14-22)27-32(4,20-12-8-16-24)28-31(3,26-29)19-11-7-15-23;1-21(2,3)17-23(7,8)19-25(11,15-13-12-14-16)20-24(9,10)18-22(4,5)6;2*1-16(13,9-5-3-7-11)15-17(2,14)10-6-4-8-12;1-10(2)7-11(3,4)9-12(5,6)8-10;1-5(2,3)4;;;;;;;;/h5-12,17-20H2,1-4H3;12-13,15H2,1-11H3;2*3-6,9-10H2,1-2H3;1-6H3;1-3H3;2*1H4;;;;;;1H2/q;;2*-2;;;;;5*+1;/p-1. The molecular weight excluding hydrogens is 1750 g/mol. The predicted molar refractivity (Wildman–Crippen MR) is 474 cm³/mol. The average Bonchev–Trinajstić information content (AvgIpc) is 0.762. The van der Waals surface area contributed by atoms with Gasteiger partial charge in [-0.05, 0) is 250 Å². The summed E-state index contributed by atoms with van der Waals surface area (Å²) in [6, 6.07) is 23.7. The second-order valence-corrected chi connectivity index (χ2v) is 99.4. The van der Waals surface area contributed by atoms with E-state index in [2.05, 4.69) is 161 Å². The molecule has 50 heteroatoms. The van der Waals surface area contributed by atoms with Crippen molar-refractivity contribution in [1.29, 1.82) is 47.4 Å². The number of nitriles is 9. The Bertz CT molecular complexity index is 2700. The van der Waals surface area contributed by atoms with Crippen molar-refractivity contribution in [1.82, 2.24) is 0 Å². The summed E-state index contributed by atoms with van der Waals surface area (Å²) < 4.78 is 81.5. The maximum atomic E-state index is 12.0. The molecule has 0 radical (unpaired) electrons. The zero-order valence-corrected chi connectivity index (χ0v) is 94.6. The Balaban J connectivity index is -0.000000116. The molecule has 4 unspecified atom stereocenters. The summed E-state index contributed by atoms with van der Waals surface area (Å²) in [7, 11) is -40.8. The van der Waals surface area contributed by atoms with Crippen LogP contribution in [0.4, 0.5) is 0 Å². The molecule has 116 heavy (non-hydrogen) atoms. The van der Waals surface area contributed by atoms with E-state index >= 15 is 0 Å². The van der Waals surface area contributed by atoms with Crippen molar-refractivity contribution < 1.29 is 172 Å². The van der Waals surface area contributed by atoms with Gasteiger partial charge in [-0.25, -0.2) is 0 Å². The normalized spacial score (nSPS) is 21.0. The monoisotopic (exact) mass is 1900 g/mol. The smallest absolute Gasteiger partial charge is 0.870 e. The van der Waals surface area contributed by atoms with Gasteiger partial charge in [-0.1, -0.05) is 60.7 Å². The third kappa shape index (κ3) is 85.1. The van der Waals surface area contributed by atoms with E-state index in [1.807, 2.05) is 50.5 Å². The maximum absolute atomic E-state index is 12.0. The molecule has 0 spiro atoms. The van der Waals surface area contributed by atoms with E-state index in [1.165, 1.54) is 26.2 Å². The van der Waals surface area contributed by atoms with Crippen LogP contribution >= 0.6 is 11.1 Å². The molecule has 2 aliphatic rings. The third-order valence-electron chi connectivity index (χ3n) is 14.4. The first-order chi connectivity index (χ1) is 48.7. The Hall–Kier alpha value is 1.65. The van der Waals surface area contributed by atoms with Crippen LogP contribution in [0.25, 0.3) is 0 Å². The number of nitrogens with zero attached hydrogens (tertiary/aromatic N) is 9. The van der Waals surface area contributed by atoms with Crippen LogP contribution in [-0.2, 0) is 53.5 Å². The summed E-state index contributed by atoms with van der Waals surface area (Å²) in [6.45, 7) is 56.6. The first-order valence-corrected chi connectivity index (χ1v) is 85.8. The van der Waals surface area contributed by atoms with E-state index in [4.69, 9.17) is 112 Å². The van der Waals surface area contributed by atoms with Gasteiger partial charge in [0.2, 0.25) is 0 Å². The Kier molecular flexibility index (Phi) is 82.8. The fourth-order valence-electron chi connectivity index (χ4n) is 12.4. The van der Waals surface area contributed by atoms with Gasteiger partial charge < -0.3 is 78.2 Å². The molecule has 644 valence electrons. The van der Waals surface area contributed by atoms with E-state index in [0.29, 0.717) is 158 Å². The summed E-state index contributed by atoms with van der Waals surface area (Å²) in [6.07, 6.45) is 9.23. The molecular formula is C66H147ClLi5N9O18Si17. The molecule has 0 aliphatic carbocycles. The van der Waals surface area contributed by atoms with Gasteiger partial charge in [0.05, 0.1) is 88.9 Å². The predicted octanol–water partition coefficient (Wildman–Crippen LogP) is 2.35. The van der Waals surface area contributed by atoms with Gasteiger partial charge in [0.25, 0.3) is 0 Å². The van der Waals surface area contributed by atoms with Crippen molar-refractivity contribution in [3.05, 3.63) is 0 Å². The molecule has 0 aromatic carbocycles. The van der Waals surface area contributed by atoms with E-state index < -0.39 is 144 Å². The molecule has 2 heterocycles. The topological polar surface area (TPSA) is 456 Å². The van der Waals surface area contributed by atoms with Gasteiger partial charge >= 0.3 is 180 Å². The minimum Gasteiger partial charge on any atom is -0.870 e. The third-order valence-corrected chi connectivity index (χ3v) is 74.5. The number of unbranched alkanes of at least 4 members (excludes halogenated alkanes) is 9. The Morgan fingerprint density at radius 3 is 0.586 bits per heavy atom. The minimum absolute atomic E-state index is 0. The van der Waals surface area contributed by atoms with E-state index in [9.17, 15) is 19.2 Å². The van der Waals surface area contributed by atoms with E-state index in [1.54, 1.807) is 0 Å². The van der Waals surface area contributed by atoms with Gasteiger partial charge in [-0.15, -0.1) is 0 Å². The molecule has 27 nitrogen and oxygen atoms in total. The first kappa shape index (κ1) is 143. The number of hydrogen-bond acceptors (Lipinski definition) is 27. The molecule has 2 fully saturated rings. The van der Waals surface area contributed by atoms with Crippen LogP contribution in [0.1, 0.15) is 130 Å². The Morgan fingerprint density at radius 1 is 0.276 bits per heavy atom. The second-order valence-electron chi connectivity index (χ2n) is 33.9. The fraction of sp³-hybridized carbons (Fsp3) is 0.864. The van der Waals surface area contributed by atoms with Gasteiger partial charge in [0.15, 0.2) is 16.6 Å². The van der Waals surface area contributed by atoms with Crippen LogP contribution in [0.5, 0.6) is 0 Å². The summed E-state index contributed by atoms with van der Waals surface area (Å²) in [5.74, 6) is 0. The van der Waals surface area contributed by atoms with Crippen molar-refractivity contribution in [2.45, 2.75) is 368 Å². The van der Waals surface area contributed by atoms with Crippen LogP contribution in [0.15, 0.2) is 0 Å². The summed E-state index contributed by atoms with van der Waals surface area (Å²) >= 11 is 5.67. The van der Waals surface area contributed by atoms with Crippen LogP contribution in [-0.4, -0.2) is 149 Å². The Labute approximate surface area is 789 Å². The van der Waals surface area contributed by atoms with Crippen molar-refractivity contribution >= 4 is 155 Å². The maximum Gasteiger partial charge on any atom is 1.00 e. The van der Waals surface area contributed by atoms with Gasteiger partial charge in [0.1, 0.15) is 7.38 Å². The number of rotatable bonds is 39. The van der Waals surface area contributed by atoms with Gasteiger partial charge in [-0.2, -0.15) is 58.4 Å². The average molecular weight is 1900 g/mol. The van der Waals surface area contributed by atoms with Crippen LogP contribution in [0, 0.1) is 102 Å². The zero-order valence-electron chi connectivity index (χ0n) is 76.9. The SMILES string of the molecule is C.C.C[Si](C)(C)Cl.C[Si](C)(C)O[Si](C)(C)O[Si](C)(CCCC#N)O[Si](C)(C)O[Si](C)(C)C.C[Si]([O-])(CCCC#N)O[Si](C)([O-])CCCC#N.C[Si]([O-])(CCCC#N)O[Si](C)([O-])CCCC#N.C[Si]1(C)O[Si](C)(C)O[Si](C)(C)O1.C[Si]1(CCCC#N)O[Si](C)(CCCC#N)O[Si](C)(CCCC#N)O[Si](C)(CCCC#N)O1.[Li+].[Li+].[Li+].[Li+].[Li+].[OH-]. The van der Waals surface area contributed by atoms with Crippen molar-refractivity contribution in [2.75, 3.05) is 0 Å². The summed E-state index contributed by atoms with van der Waals surface area (Å²) in [5.41, 5.74) is 0. The van der Waals surface area contributed by atoms with Crippen LogP contribution in [0.3, 0.4) is 0 Å². The Morgan fingerprint density at radius 2 is 0.431 bits per heavy atom. The summed E-state index contributed by atoms with van der Waals surface area (Å²) in [4.78, 5) is 48.0. The quantitative estimate of drug-likeness (QED) is 0.0484. The molecule has 0 aromatic heterocycles. The molecule has 4 atom stereocenters. The minimum atomic E-state index is -3.17. The zero-order chi connectivity index (χ0) is 85.1. The van der Waals surface area contributed by atoms with Crippen LogP contribution < -0.4 is 113 Å². The van der Waals surface area contributed by atoms with Gasteiger partial charge in [-0.3, -0.25) is 0 Å². The van der Waals surface area contributed by atoms with E-state index in [-0.39, 0.29) is 115 Å². The first-order valence-electron chi connectivity index (χ1n) is 37.7. The van der Waals surface area contributed by atoms with E-state index in [0.717, 1.165) is 12.5 Å². The molecule has 0 aromatic rings. The van der Waals surface area contributed by atoms with Crippen LogP contribution in [0.2, 0.25) is 238 Å². The molecule has 2 rings (SSSR count). The molecule has 1 N–H and O–H groups in total. The molecule has 2 saturated heterocycles. The van der Waals surface area contributed by atoms with Gasteiger partial charge in [0, 0.05) is 57.8 Å². The largest absolute Gasteiger partial charge is 1.00 e. The molecule has 0 amide bonds. The molecule has 2 aliphatic heterocycles. The van der Waals surface area contributed by atoms with Crippen molar-refractivity contribution in [3.63, 3.8) is 0 Å². The molecule has 0 bridgehead atoms. The molecule has 0 saturated carbocycles. The van der Waals surface area contributed by atoms with Crippen molar-refractivity contribution in [2.24, 2.45) is 0 Å². The number of halogens is 1. The number of hydrogen-bond donors (Lipinski definition) is 0. The fourth-order valence-corrected chi connectivity index (χ4v) is 87.1. The second kappa shape index (κ2) is 67.0. The van der Waals surface area contributed by atoms with Crippen molar-refractivity contribution in [3.8, 4) is 54.6 Å².